The van der Waals surface area contributed by atoms with E-state index in [1.165, 1.54) is 22.3 Å². The van der Waals surface area contributed by atoms with Crippen LogP contribution in [-0.2, 0) is 5.41 Å². The fourth-order valence-corrected chi connectivity index (χ4v) is 7.17. The molecule has 254 valence electrons. The number of benzene rings is 6. The van der Waals surface area contributed by atoms with E-state index < -0.39 is 17.4 Å². The Bertz CT molecular complexity index is 2010. The van der Waals surface area contributed by atoms with E-state index in [-0.39, 0.29) is 23.0 Å². The second-order valence-corrected chi connectivity index (χ2v) is 13.2. The lowest BCUT2D eigenvalue weighted by atomic mass is 9.68. The van der Waals surface area contributed by atoms with Crippen molar-refractivity contribution in [2.45, 2.75) is 31.1 Å². The summed E-state index contributed by atoms with van der Waals surface area (Å²) in [4.78, 5) is 22.5. The number of hydrogen-bond acceptors (Lipinski definition) is 4. The Hall–Kier alpha value is -6.14. The van der Waals surface area contributed by atoms with Crippen molar-refractivity contribution < 1.29 is 29.3 Å². The average molecular weight is 675 g/mol. The number of carboxylic acids is 2. The molecule has 0 amide bonds. The summed E-state index contributed by atoms with van der Waals surface area (Å²) in [6, 6.07) is 47.8. The maximum absolute atomic E-state index is 11.3. The molecule has 2 N–H and O–H groups in total. The van der Waals surface area contributed by atoms with E-state index in [9.17, 15) is 19.8 Å². The van der Waals surface area contributed by atoms with Crippen LogP contribution in [-0.4, -0.2) is 35.4 Å². The number of fused-ring (bicyclic) bond motifs is 3. The number of ether oxygens (including phenoxy) is 2. The fraction of sp³-hybridized carbons (Fsp3) is 0.156. The standard InChI is InChI=1S/C45H38O6/c1-29(31-11-15-33(16-12-31)43(46)47)27-50-37-23-19-35(20-24-37)45(41-9-5-3-7-39(41)40-8-4-6-10-42(40)45)36-21-25-38(26-22-36)51-28-30(2)32-13-17-34(18-14-32)44(48)49/h3-26,29-30H,27-28H2,1-2H3,(H,46,47)(H,48,49). The Morgan fingerprint density at radius 1 is 0.510 bits per heavy atom. The van der Waals surface area contributed by atoms with Gasteiger partial charge in [-0.15, -0.1) is 0 Å². The zero-order chi connectivity index (χ0) is 35.5. The van der Waals surface area contributed by atoms with Crippen LogP contribution in [0.25, 0.3) is 11.1 Å². The van der Waals surface area contributed by atoms with Gasteiger partial charge >= 0.3 is 11.9 Å². The maximum atomic E-state index is 11.3. The lowest BCUT2D eigenvalue weighted by Gasteiger charge is -2.34. The zero-order valence-corrected chi connectivity index (χ0v) is 28.5. The van der Waals surface area contributed by atoms with Crippen molar-refractivity contribution in [2.24, 2.45) is 0 Å². The fourth-order valence-electron chi connectivity index (χ4n) is 7.17. The van der Waals surface area contributed by atoms with Gasteiger partial charge in [0.15, 0.2) is 0 Å². The molecule has 6 aromatic rings. The molecule has 6 aromatic carbocycles. The molecule has 1 aliphatic carbocycles. The molecule has 0 fully saturated rings. The van der Waals surface area contributed by atoms with E-state index in [1.807, 2.05) is 48.5 Å². The summed E-state index contributed by atoms with van der Waals surface area (Å²) in [6.45, 7) is 5.04. The van der Waals surface area contributed by atoms with Gasteiger partial charge in [0, 0.05) is 11.8 Å². The molecule has 51 heavy (non-hydrogen) atoms. The molecule has 0 saturated heterocycles. The van der Waals surface area contributed by atoms with Crippen LogP contribution in [0.3, 0.4) is 0 Å². The molecule has 0 aromatic heterocycles. The van der Waals surface area contributed by atoms with E-state index in [2.05, 4.69) is 86.6 Å². The minimum absolute atomic E-state index is 0.0775. The maximum Gasteiger partial charge on any atom is 0.335 e. The third-order valence-corrected chi connectivity index (χ3v) is 9.98. The van der Waals surface area contributed by atoms with E-state index in [0.29, 0.717) is 13.2 Å². The van der Waals surface area contributed by atoms with Gasteiger partial charge in [-0.1, -0.05) is 111 Å². The smallest absolute Gasteiger partial charge is 0.335 e. The van der Waals surface area contributed by atoms with Crippen molar-refractivity contribution in [1.82, 2.24) is 0 Å². The van der Waals surface area contributed by atoms with Gasteiger partial charge in [0.05, 0.1) is 29.8 Å². The van der Waals surface area contributed by atoms with Gasteiger partial charge in [0.25, 0.3) is 0 Å². The van der Waals surface area contributed by atoms with Crippen molar-refractivity contribution in [1.29, 1.82) is 0 Å². The predicted molar refractivity (Wildman–Crippen MR) is 198 cm³/mol. The Morgan fingerprint density at radius 3 is 1.22 bits per heavy atom. The molecule has 0 spiro atoms. The predicted octanol–water partition coefficient (Wildman–Crippen LogP) is 9.81. The highest BCUT2D eigenvalue weighted by molar-refractivity contribution is 5.88. The highest BCUT2D eigenvalue weighted by Gasteiger charge is 2.45. The summed E-state index contributed by atoms with van der Waals surface area (Å²) in [6.07, 6.45) is 0. The molecule has 0 saturated carbocycles. The van der Waals surface area contributed by atoms with Gasteiger partial charge in [-0.2, -0.15) is 0 Å². The van der Waals surface area contributed by atoms with Crippen molar-refractivity contribution in [3.63, 3.8) is 0 Å². The largest absolute Gasteiger partial charge is 0.493 e. The van der Waals surface area contributed by atoms with Crippen molar-refractivity contribution >= 4 is 11.9 Å². The van der Waals surface area contributed by atoms with E-state index in [1.54, 1.807) is 24.3 Å². The first kappa shape index (κ1) is 33.4. The van der Waals surface area contributed by atoms with Crippen molar-refractivity contribution in [2.75, 3.05) is 13.2 Å². The van der Waals surface area contributed by atoms with Crippen LogP contribution in [0.1, 0.15) is 79.8 Å². The van der Waals surface area contributed by atoms with E-state index >= 15 is 0 Å². The van der Waals surface area contributed by atoms with Gasteiger partial charge in [0.2, 0.25) is 0 Å². The van der Waals surface area contributed by atoms with Gasteiger partial charge in [-0.3, -0.25) is 0 Å². The third-order valence-electron chi connectivity index (χ3n) is 9.98. The summed E-state index contributed by atoms with van der Waals surface area (Å²) in [5.74, 6) is -0.194. The SMILES string of the molecule is CC(COc1ccc(C2(c3ccc(OCC(C)c4ccc(C(=O)O)cc4)cc3)c3ccccc3-c3ccccc32)cc1)c1ccc(C(=O)O)cc1. The lowest BCUT2D eigenvalue weighted by molar-refractivity contribution is 0.0686. The van der Waals surface area contributed by atoms with E-state index in [4.69, 9.17) is 9.47 Å². The second kappa shape index (κ2) is 14.0. The first-order chi connectivity index (χ1) is 24.8. The van der Waals surface area contributed by atoms with Crippen molar-refractivity contribution in [3.05, 3.63) is 190 Å². The number of hydrogen-bond donors (Lipinski definition) is 2. The van der Waals surface area contributed by atoms with Crippen LogP contribution < -0.4 is 9.47 Å². The lowest BCUT2D eigenvalue weighted by Crippen LogP contribution is -2.28. The van der Waals surface area contributed by atoms with Gasteiger partial charge in [0.1, 0.15) is 11.5 Å². The number of carboxylic acid groups (broad SMARTS) is 2. The molecule has 1 aliphatic rings. The number of carbonyl (C=O) groups is 2. The minimum Gasteiger partial charge on any atom is -0.493 e. The first-order valence-corrected chi connectivity index (χ1v) is 17.1. The molecular weight excluding hydrogens is 636 g/mol. The van der Waals surface area contributed by atoms with E-state index in [0.717, 1.165) is 33.8 Å². The van der Waals surface area contributed by atoms with Crippen LogP contribution in [0.15, 0.2) is 146 Å². The molecule has 6 nitrogen and oxygen atoms in total. The van der Waals surface area contributed by atoms with Crippen LogP contribution in [0.2, 0.25) is 0 Å². The minimum atomic E-state index is -0.936. The number of rotatable bonds is 12. The molecular formula is C45H38O6. The molecule has 2 atom stereocenters. The Labute approximate surface area is 297 Å². The summed E-state index contributed by atoms with van der Waals surface area (Å²) in [7, 11) is 0. The quantitative estimate of drug-likeness (QED) is 0.134. The summed E-state index contributed by atoms with van der Waals surface area (Å²) >= 11 is 0. The Morgan fingerprint density at radius 2 is 0.863 bits per heavy atom. The van der Waals surface area contributed by atoms with Crippen LogP contribution >= 0.6 is 0 Å². The summed E-state index contributed by atoms with van der Waals surface area (Å²) in [5, 5.41) is 18.5. The third kappa shape index (κ3) is 6.37. The summed E-state index contributed by atoms with van der Waals surface area (Å²) < 4.78 is 12.5. The zero-order valence-electron chi connectivity index (χ0n) is 28.5. The molecule has 2 unspecified atom stereocenters. The van der Waals surface area contributed by atoms with Gasteiger partial charge in [-0.25, -0.2) is 9.59 Å². The second-order valence-electron chi connectivity index (χ2n) is 13.2. The normalized spacial score (nSPS) is 13.8. The highest BCUT2D eigenvalue weighted by Crippen LogP contribution is 2.56. The van der Waals surface area contributed by atoms with Gasteiger partial charge < -0.3 is 19.7 Å². The Kier molecular flexibility index (Phi) is 9.16. The summed E-state index contributed by atoms with van der Waals surface area (Å²) in [5.41, 5.74) is 9.10. The molecule has 0 aliphatic heterocycles. The van der Waals surface area contributed by atoms with Crippen LogP contribution in [0.4, 0.5) is 0 Å². The van der Waals surface area contributed by atoms with Crippen molar-refractivity contribution in [3.8, 4) is 22.6 Å². The topological polar surface area (TPSA) is 93.1 Å². The number of aromatic carboxylic acids is 2. The molecule has 0 bridgehead atoms. The molecule has 0 heterocycles. The monoisotopic (exact) mass is 674 g/mol. The van der Waals surface area contributed by atoms with Crippen LogP contribution in [0, 0.1) is 0 Å². The molecule has 0 radical (unpaired) electrons. The first-order valence-electron chi connectivity index (χ1n) is 17.1. The Balaban J connectivity index is 1.16. The van der Waals surface area contributed by atoms with Crippen LogP contribution in [0.5, 0.6) is 11.5 Å². The highest BCUT2D eigenvalue weighted by atomic mass is 16.5. The van der Waals surface area contributed by atoms with Gasteiger partial charge in [-0.05, 0) is 93.0 Å². The molecule has 6 heteroatoms. The average Bonchev–Trinajstić information content (AvgIpc) is 3.47. The molecule has 7 rings (SSSR count).